The lowest BCUT2D eigenvalue weighted by Gasteiger charge is -2.34. The number of halogens is 1. The molecule has 4 rings (SSSR count). The Bertz CT molecular complexity index is 1710. The minimum absolute atomic E-state index is 0.276. The molecule has 1 atom stereocenters. The van der Waals surface area contributed by atoms with Crippen molar-refractivity contribution in [3.05, 3.63) is 129 Å². The summed E-state index contributed by atoms with van der Waals surface area (Å²) in [4.78, 5) is 25.9. The van der Waals surface area contributed by atoms with Gasteiger partial charge in [0.2, 0.25) is 0 Å². The molecule has 0 saturated heterocycles. The van der Waals surface area contributed by atoms with Crippen molar-refractivity contribution in [1.82, 2.24) is 0 Å². The molecule has 0 radical (unpaired) electrons. The van der Waals surface area contributed by atoms with Crippen molar-refractivity contribution in [1.29, 1.82) is 0 Å². The van der Waals surface area contributed by atoms with Gasteiger partial charge in [-0.1, -0.05) is 84.1 Å². The second-order valence-corrected chi connectivity index (χ2v) is 14.6. The van der Waals surface area contributed by atoms with E-state index in [0.717, 1.165) is 49.1 Å². The number of carbonyl (C=O) groups excluding carboxylic acids is 2. The number of esters is 2. The molecule has 0 bridgehead atoms. The van der Waals surface area contributed by atoms with Crippen molar-refractivity contribution in [2.45, 2.75) is 92.3 Å². The van der Waals surface area contributed by atoms with Crippen LogP contribution in [0, 0.1) is 27.7 Å². The summed E-state index contributed by atoms with van der Waals surface area (Å²) in [6.07, 6.45) is 0.697. The molecule has 0 N–H and O–H groups in total. The SMILES string of the molecule is CCC(C)(C)OC(=O)c1ccc(C(=O)Oc2c(C)cc(C(C)(c3ccccc3)c3cc(C)c(OC(C)(C)CI)c(C)c3)cc2C)cc1. The van der Waals surface area contributed by atoms with Crippen molar-refractivity contribution in [2.24, 2.45) is 0 Å². The topological polar surface area (TPSA) is 61.8 Å². The lowest BCUT2D eigenvalue weighted by molar-refractivity contribution is -0.00247. The molecule has 4 aromatic carbocycles. The molecule has 248 valence electrons. The Morgan fingerprint density at radius 3 is 1.51 bits per heavy atom. The van der Waals surface area contributed by atoms with Crippen molar-refractivity contribution >= 4 is 34.5 Å². The van der Waals surface area contributed by atoms with Crippen LogP contribution in [0.2, 0.25) is 0 Å². The second-order valence-electron chi connectivity index (χ2n) is 13.8. The fraction of sp³-hybridized carbons (Fsp3) is 0.366. The van der Waals surface area contributed by atoms with Gasteiger partial charge in [-0.15, -0.1) is 0 Å². The number of hydrogen-bond donors (Lipinski definition) is 0. The first-order valence-corrected chi connectivity index (χ1v) is 17.6. The van der Waals surface area contributed by atoms with E-state index in [2.05, 4.69) is 106 Å². The van der Waals surface area contributed by atoms with E-state index in [1.54, 1.807) is 24.3 Å². The molecule has 47 heavy (non-hydrogen) atoms. The third-order valence-electron chi connectivity index (χ3n) is 8.90. The Morgan fingerprint density at radius 2 is 1.06 bits per heavy atom. The van der Waals surface area contributed by atoms with Crippen LogP contribution in [-0.2, 0) is 10.2 Å². The number of rotatable bonds is 11. The zero-order chi connectivity index (χ0) is 34.7. The fourth-order valence-electron chi connectivity index (χ4n) is 5.65. The molecule has 0 fully saturated rings. The Hall–Kier alpha value is -3.65. The van der Waals surface area contributed by atoms with Gasteiger partial charge in [0, 0.05) is 9.84 Å². The highest BCUT2D eigenvalue weighted by molar-refractivity contribution is 14.1. The summed E-state index contributed by atoms with van der Waals surface area (Å²) >= 11 is 2.37. The van der Waals surface area contributed by atoms with Crippen LogP contribution in [0.25, 0.3) is 0 Å². The van der Waals surface area contributed by atoms with Crippen LogP contribution in [0.5, 0.6) is 11.5 Å². The Morgan fingerprint density at radius 1 is 0.617 bits per heavy atom. The van der Waals surface area contributed by atoms with Gasteiger partial charge >= 0.3 is 11.9 Å². The van der Waals surface area contributed by atoms with Crippen molar-refractivity contribution < 1.29 is 23.8 Å². The standard InChI is InChI=1S/C41H47IO5/c1-11-39(6,7)47-38(44)31-19-17-30(18-20-31)37(43)45-35-26(2)21-33(22-27(35)3)41(10,32-15-13-12-14-16-32)34-23-28(4)36(29(5)24-34)46-40(8,9)25-42/h12-24H,11,25H2,1-10H3. The van der Waals surface area contributed by atoms with E-state index in [0.29, 0.717) is 23.3 Å². The lowest BCUT2D eigenvalue weighted by Crippen LogP contribution is -2.31. The highest BCUT2D eigenvalue weighted by Crippen LogP contribution is 2.43. The monoisotopic (exact) mass is 746 g/mol. The van der Waals surface area contributed by atoms with Crippen molar-refractivity contribution in [3.63, 3.8) is 0 Å². The predicted molar refractivity (Wildman–Crippen MR) is 199 cm³/mol. The molecule has 0 spiro atoms. The van der Waals surface area contributed by atoms with Gasteiger partial charge in [-0.3, -0.25) is 0 Å². The summed E-state index contributed by atoms with van der Waals surface area (Å²) in [5.41, 5.74) is 6.71. The van der Waals surface area contributed by atoms with Gasteiger partial charge in [0.1, 0.15) is 22.7 Å². The summed E-state index contributed by atoms with van der Waals surface area (Å²) in [6, 6.07) is 25.6. The second kappa shape index (κ2) is 14.2. The van der Waals surface area contributed by atoms with Gasteiger partial charge in [-0.2, -0.15) is 0 Å². The first kappa shape index (κ1) is 36.2. The lowest BCUT2D eigenvalue weighted by atomic mass is 9.69. The van der Waals surface area contributed by atoms with E-state index >= 15 is 0 Å². The maximum absolute atomic E-state index is 13.3. The summed E-state index contributed by atoms with van der Waals surface area (Å²) < 4.78 is 18.9. The number of carbonyl (C=O) groups is 2. The van der Waals surface area contributed by atoms with Crippen molar-refractivity contribution in [2.75, 3.05) is 4.43 Å². The summed E-state index contributed by atoms with van der Waals surface area (Å²) in [6.45, 7) is 20.3. The highest BCUT2D eigenvalue weighted by Gasteiger charge is 2.34. The van der Waals surface area contributed by atoms with Crippen LogP contribution in [0.15, 0.2) is 78.9 Å². The molecular weight excluding hydrogens is 699 g/mol. The molecule has 5 nitrogen and oxygen atoms in total. The number of ether oxygens (including phenoxy) is 3. The number of aryl methyl sites for hydroxylation is 4. The van der Waals surface area contributed by atoms with Crippen LogP contribution < -0.4 is 9.47 Å². The Kier molecular flexibility index (Phi) is 11.0. The number of hydrogen-bond acceptors (Lipinski definition) is 5. The first-order chi connectivity index (χ1) is 22.0. The van der Waals surface area contributed by atoms with E-state index in [1.807, 2.05) is 40.7 Å². The van der Waals surface area contributed by atoms with Crippen LogP contribution in [0.1, 0.15) is 108 Å². The quantitative estimate of drug-likeness (QED) is 0.0503. The molecule has 0 aliphatic carbocycles. The molecule has 0 aliphatic heterocycles. The largest absolute Gasteiger partial charge is 0.487 e. The van der Waals surface area contributed by atoms with E-state index in [1.165, 1.54) is 0 Å². The van der Waals surface area contributed by atoms with Gasteiger partial charge in [0.05, 0.1) is 11.1 Å². The van der Waals surface area contributed by atoms with E-state index in [4.69, 9.17) is 14.2 Å². The summed E-state index contributed by atoms with van der Waals surface area (Å²) in [7, 11) is 0. The van der Waals surface area contributed by atoms with Gasteiger partial charge in [-0.05, 0) is 132 Å². The van der Waals surface area contributed by atoms with Crippen LogP contribution in [0.3, 0.4) is 0 Å². The molecule has 6 heteroatoms. The molecular formula is C41H47IO5. The zero-order valence-electron chi connectivity index (χ0n) is 29.3. The van der Waals surface area contributed by atoms with E-state index < -0.39 is 23.0 Å². The molecule has 4 aromatic rings. The maximum atomic E-state index is 13.3. The average molecular weight is 747 g/mol. The minimum Gasteiger partial charge on any atom is -0.487 e. The molecule has 0 saturated carbocycles. The minimum atomic E-state index is -0.562. The number of alkyl halides is 1. The molecule has 0 heterocycles. The molecule has 1 unspecified atom stereocenters. The summed E-state index contributed by atoms with van der Waals surface area (Å²) in [5, 5.41) is 0. The predicted octanol–water partition coefficient (Wildman–Crippen LogP) is 10.4. The third kappa shape index (κ3) is 8.08. The molecule has 0 aliphatic rings. The van der Waals surface area contributed by atoms with Crippen LogP contribution in [0.4, 0.5) is 0 Å². The van der Waals surface area contributed by atoms with Crippen LogP contribution >= 0.6 is 22.6 Å². The maximum Gasteiger partial charge on any atom is 0.343 e. The Balaban J connectivity index is 1.69. The zero-order valence-corrected chi connectivity index (χ0v) is 31.5. The number of benzene rings is 4. The first-order valence-electron chi connectivity index (χ1n) is 16.1. The normalized spacial score (nSPS) is 13.1. The van der Waals surface area contributed by atoms with Crippen LogP contribution in [-0.4, -0.2) is 27.6 Å². The van der Waals surface area contributed by atoms with Gasteiger partial charge in [0.15, 0.2) is 0 Å². The fourth-order valence-corrected chi connectivity index (χ4v) is 5.81. The average Bonchev–Trinajstić information content (AvgIpc) is 3.04. The van der Waals surface area contributed by atoms with Gasteiger partial charge in [0.25, 0.3) is 0 Å². The van der Waals surface area contributed by atoms with Gasteiger partial charge < -0.3 is 14.2 Å². The molecule has 0 aromatic heterocycles. The van der Waals surface area contributed by atoms with Crippen molar-refractivity contribution in [3.8, 4) is 11.5 Å². The molecule has 0 amide bonds. The highest BCUT2D eigenvalue weighted by atomic mass is 127. The summed E-state index contributed by atoms with van der Waals surface area (Å²) in [5.74, 6) is 0.548. The van der Waals surface area contributed by atoms with Gasteiger partial charge in [-0.25, -0.2) is 9.59 Å². The smallest absolute Gasteiger partial charge is 0.343 e. The Labute approximate surface area is 294 Å². The van der Waals surface area contributed by atoms with E-state index in [9.17, 15) is 9.59 Å². The van der Waals surface area contributed by atoms with E-state index in [-0.39, 0.29) is 5.60 Å². The third-order valence-corrected chi connectivity index (χ3v) is 10.7.